The number of nitrogens with zero attached hydrogens (tertiary/aromatic N) is 2. The van der Waals surface area contributed by atoms with Crippen LogP contribution in [0.2, 0.25) is 0 Å². The second-order valence-corrected chi connectivity index (χ2v) is 4.58. The highest BCUT2D eigenvalue weighted by molar-refractivity contribution is 9.18. The number of halogens is 4. The summed E-state index contributed by atoms with van der Waals surface area (Å²) in [6, 6.07) is 1.89. The number of anilines is 1. The number of alkyl halides is 3. The predicted molar refractivity (Wildman–Crippen MR) is 66.5 cm³/mol. The molecule has 1 aromatic heterocycles. The Morgan fingerprint density at radius 3 is 2.78 bits per heavy atom. The Hall–Kier alpha value is -1.37. The quantitative estimate of drug-likeness (QED) is 0.896. The summed E-state index contributed by atoms with van der Waals surface area (Å²) in [6.45, 7) is 0. The molecule has 2 heterocycles. The topological polar surface area (TPSA) is 37.3 Å². The fourth-order valence-corrected chi connectivity index (χ4v) is 1.87. The zero-order chi connectivity index (χ0) is 13.2. The van der Waals surface area contributed by atoms with Gasteiger partial charge in [0.2, 0.25) is 0 Å². The fourth-order valence-electron chi connectivity index (χ4n) is 1.45. The van der Waals surface area contributed by atoms with Gasteiger partial charge >= 0.3 is 6.18 Å². The van der Waals surface area contributed by atoms with Gasteiger partial charge in [-0.25, -0.2) is 9.98 Å². The van der Waals surface area contributed by atoms with Crippen molar-refractivity contribution < 1.29 is 13.2 Å². The molecule has 2 rings (SSSR count). The molecule has 0 unspecified atom stereocenters. The van der Waals surface area contributed by atoms with Crippen molar-refractivity contribution in [3.8, 4) is 0 Å². The molecule has 0 saturated heterocycles. The molecule has 7 heteroatoms. The van der Waals surface area contributed by atoms with Crippen molar-refractivity contribution in [1.82, 2.24) is 4.98 Å². The molecule has 0 aromatic carbocycles. The molecule has 0 bridgehead atoms. The molecule has 0 saturated carbocycles. The monoisotopic (exact) mass is 319 g/mol. The van der Waals surface area contributed by atoms with Gasteiger partial charge in [0.25, 0.3) is 0 Å². The van der Waals surface area contributed by atoms with Gasteiger partial charge in [0, 0.05) is 12.6 Å². The third-order valence-electron chi connectivity index (χ3n) is 2.27. The van der Waals surface area contributed by atoms with Crippen LogP contribution in [0.15, 0.2) is 35.2 Å². The molecule has 1 N–H and O–H groups in total. The number of aromatic nitrogens is 1. The summed E-state index contributed by atoms with van der Waals surface area (Å²) in [6.07, 6.45) is 0.136. The van der Waals surface area contributed by atoms with Crippen LogP contribution in [0, 0.1) is 0 Å². The van der Waals surface area contributed by atoms with Gasteiger partial charge in [-0.15, -0.1) is 0 Å². The SMILES string of the molecule is FC(F)(F)c1ccnc(NC2=CCCC(Br)=N2)c1. The first-order valence-electron chi connectivity index (χ1n) is 5.18. The van der Waals surface area contributed by atoms with Gasteiger partial charge in [-0.1, -0.05) is 0 Å². The van der Waals surface area contributed by atoms with Crippen LogP contribution in [0.3, 0.4) is 0 Å². The number of allylic oxidation sites excluding steroid dienone is 1. The molecule has 1 aliphatic heterocycles. The van der Waals surface area contributed by atoms with Crippen LogP contribution in [0.25, 0.3) is 0 Å². The second kappa shape index (κ2) is 5.09. The lowest BCUT2D eigenvalue weighted by Gasteiger charge is -2.12. The van der Waals surface area contributed by atoms with Crippen LogP contribution in [0.1, 0.15) is 18.4 Å². The van der Waals surface area contributed by atoms with E-state index in [1.165, 1.54) is 0 Å². The molecule has 96 valence electrons. The van der Waals surface area contributed by atoms with Crippen molar-refractivity contribution in [2.24, 2.45) is 4.99 Å². The van der Waals surface area contributed by atoms with E-state index in [9.17, 15) is 13.2 Å². The van der Waals surface area contributed by atoms with Crippen molar-refractivity contribution in [2.75, 3.05) is 5.32 Å². The minimum Gasteiger partial charge on any atom is -0.325 e. The van der Waals surface area contributed by atoms with Crippen LogP contribution in [-0.4, -0.2) is 9.60 Å². The first kappa shape index (κ1) is 13.1. The van der Waals surface area contributed by atoms with Gasteiger partial charge in [-0.05, 0) is 40.6 Å². The highest BCUT2D eigenvalue weighted by Crippen LogP contribution is 2.30. The molecule has 1 aromatic rings. The van der Waals surface area contributed by atoms with E-state index in [4.69, 9.17) is 0 Å². The van der Waals surface area contributed by atoms with E-state index in [0.717, 1.165) is 35.8 Å². The third-order valence-corrected chi connectivity index (χ3v) is 2.85. The highest BCUT2D eigenvalue weighted by Gasteiger charge is 2.30. The Morgan fingerprint density at radius 2 is 2.11 bits per heavy atom. The van der Waals surface area contributed by atoms with Crippen LogP contribution in [0.5, 0.6) is 0 Å². The Balaban J connectivity index is 2.18. The van der Waals surface area contributed by atoms with E-state index in [1.807, 2.05) is 6.08 Å². The summed E-state index contributed by atoms with van der Waals surface area (Å²) in [4.78, 5) is 7.97. The maximum Gasteiger partial charge on any atom is 0.416 e. The standard InChI is InChI=1S/C11H9BrF3N3/c12-8-2-1-3-9(17-8)18-10-6-7(4-5-16-10)11(13,14)15/h3-6H,1-2H2,(H,16,18). The zero-order valence-electron chi connectivity index (χ0n) is 9.13. The summed E-state index contributed by atoms with van der Waals surface area (Å²) < 4.78 is 38.3. The van der Waals surface area contributed by atoms with Gasteiger partial charge in [0.15, 0.2) is 0 Å². The summed E-state index contributed by atoms with van der Waals surface area (Å²) >= 11 is 3.26. The number of pyridine rings is 1. The highest BCUT2D eigenvalue weighted by atomic mass is 79.9. The summed E-state index contributed by atoms with van der Waals surface area (Å²) in [5.74, 6) is 0.627. The van der Waals surface area contributed by atoms with Gasteiger partial charge in [0.1, 0.15) is 11.6 Å². The molecule has 0 spiro atoms. The first-order valence-corrected chi connectivity index (χ1v) is 5.98. The maximum absolute atomic E-state index is 12.5. The molecule has 18 heavy (non-hydrogen) atoms. The summed E-state index contributed by atoms with van der Waals surface area (Å²) in [5.41, 5.74) is -0.737. The maximum atomic E-state index is 12.5. The van der Waals surface area contributed by atoms with Gasteiger partial charge in [-0.3, -0.25) is 0 Å². The van der Waals surface area contributed by atoms with E-state index in [-0.39, 0.29) is 5.82 Å². The second-order valence-electron chi connectivity index (χ2n) is 3.67. The van der Waals surface area contributed by atoms with Crippen molar-refractivity contribution in [1.29, 1.82) is 0 Å². The molecular formula is C11H9BrF3N3. The van der Waals surface area contributed by atoms with E-state index in [2.05, 4.69) is 31.2 Å². The molecule has 3 nitrogen and oxygen atoms in total. The van der Waals surface area contributed by atoms with Crippen LogP contribution < -0.4 is 5.32 Å². The number of hydrogen-bond acceptors (Lipinski definition) is 3. The Labute approximate surface area is 110 Å². The van der Waals surface area contributed by atoms with Crippen LogP contribution in [-0.2, 0) is 6.18 Å². The average Bonchev–Trinajstić information content (AvgIpc) is 2.28. The van der Waals surface area contributed by atoms with Crippen molar-refractivity contribution in [3.63, 3.8) is 0 Å². The minimum absolute atomic E-state index is 0.127. The summed E-state index contributed by atoms with van der Waals surface area (Å²) in [5, 5.41) is 2.76. The normalized spacial score (nSPS) is 16.0. The molecule has 0 amide bonds. The minimum atomic E-state index is -4.37. The Bertz CT molecular complexity index is 509. The molecule has 0 atom stereocenters. The van der Waals surface area contributed by atoms with Crippen molar-refractivity contribution in [2.45, 2.75) is 19.0 Å². The third kappa shape index (κ3) is 3.32. The van der Waals surface area contributed by atoms with Gasteiger partial charge in [0.05, 0.1) is 10.2 Å². The molecule has 0 fully saturated rings. The van der Waals surface area contributed by atoms with Gasteiger partial charge < -0.3 is 5.32 Å². The largest absolute Gasteiger partial charge is 0.416 e. The van der Waals surface area contributed by atoms with Crippen LogP contribution >= 0.6 is 15.9 Å². The Morgan fingerprint density at radius 1 is 1.33 bits per heavy atom. The number of rotatable bonds is 2. The van der Waals surface area contributed by atoms with E-state index >= 15 is 0 Å². The van der Waals surface area contributed by atoms with Crippen molar-refractivity contribution in [3.05, 3.63) is 35.8 Å². The zero-order valence-corrected chi connectivity index (χ0v) is 10.7. The molecule has 1 aliphatic rings. The lowest BCUT2D eigenvalue weighted by atomic mass is 10.2. The van der Waals surface area contributed by atoms with Gasteiger partial charge in [-0.2, -0.15) is 13.2 Å². The first-order chi connectivity index (χ1) is 8.45. The Kier molecular flexibility index (Phi) is 3.70. The summed E-state index contributed by atoms with van der Waals surface area (Å²) in [7, 11) is 0. The molecular weight excluding hydrogens is 311 g/mol. The lowest BCUT2D eigenvalue weighted by molar-refractivity contribution is -0.137. The number of nitrogens with one attached hydrogen (secondary N) is 1. The van der Waals surface area contributed by atoms with Crippen LogP contribution in [0.4, 0.5) is 19.0 Å². The average molecular weight is 320 g/mol. The lowest BCUT2D eigenvalue weighted by Crippen LogP contribution is -2.08. The van der Waals surface area contributed by atoms with E-state index < -0.39 is 11.7 Å². The van der Waals surface area contributed by atoms with E-state index in [1.54, 1.807) is 0 Å². The predicted octanol–water partition coefficient (Wildman–Crippen LogP) is 3.94. The number of aliphatic imine (C=N–C) groups is 1. The van der Waals surface area contributed by atoms with Crippen molar-refractivity contribution >= 4 is 26.4 Å². The number of hydrogen-bond donors (Lipinski definition) is 1. The van der Waals surface area contributed by atoms with E-state index in [0.29, 0.717) is 5.82 Å². The fraction of sp³-hybridized carbons (Fsp3) is 0.273. The molecule has 0 radical (unpaired) electrons. The smallest absolute Gasteiger partial charge is 0.325 e. The molecule has 0 aliphatic carbocycles.